The van der Waals surface area contributed by atoms with Crippen LogP contribution in [0.1, 0.15) is 16.1 Å². The van der Waals surface area contributed by atoms with E-state index in [9.17, 15) is 4.79 Å². The third-order valence-electron chi connectivity index (χ3n) is 2.39. The lowest BCUT2D eigenvalue weighted by Gasteiger charge is -2.05. The molecule has 4 heteroatoms. The van der Waals surface area contributed by atoms with Gasteiger partial charge in [0.05, 0.1) is 12.2 Å². The van der Waals surface area contributed by atoms with E-state index in [1.165, 1.54) is 0 Å². The van der Waals surface area contributed by atoms with Crippen molar-refractivity contribution in [2.75, 3.05) is 0 Å². The van der Waals surface area contributed by atoms with E-state index in [4.69, 9.17) is 0 Å². The molecule has 1 amide bonds. The molecule has 0 atom stereocenters. The Labute approximate surface area is 93.9 Å². The number of benzene rings is 1. The van der Waals surface area contributed by atoms with Crippen LogP contribution >= 0.6 is 0 Å². The Balaban J connectivity index is 1.97. The van der Waals surface area contributed by atoms with E-state index >= 15 is 0 Å². The fourth-order valence-corrected chi connectivity index (χ4v) is 1.44. The topological polar surface area (TPSA) is 46.9 Å². The quantitative estimate of drug-likeness (QED) is 0.840. The molecule has 0 aliphatic rings. The summed E-state index contributed by atoms with van der Waals surface area (Å²) in [6, 6.07) is 11.0. The molecule has 1 aromatic carbocycles. The van der Waals surface area contributed by atoms with Gasteiger partial charge in [-0.1, -0.05) is 18.2 Å². The van der Waals surface area contributed by atoms with Gasteiger partial charge in [0.25, 0.3) is 5.91 Å². The van der Waals surface area contributed by atoms with E-state index in [0.29, 0.717) is 12.1 Å². The first kappa shape index (κ1) is 10.4. The third kappa shape index (κ3) is 2.28. The van der Waals surface area contributed by atoms with Crippen LogP contribution in [0.25, 0.3) is 0 Å². The van der Waals surface area contributed by atoms with E-state index in [2.05, 4.69) is 10.4 Å². The highest BCUT2D eigenvalue weighted by Gasteiger charge is 2.05. The highest BCUT2D eigenvalue weighted by Crippen LogP contribution is 2.00. The Morgan fingerprint density at radius 1 is 1.31 bits per heavy atom. The van der Waals surface area contributed by atoms with E-state index in [1.807, 2.05) is 31.3 Å². The summed E-state index contributed by atoms with van der Waals surface area (Å²) in [5.41, 5.74) is 1.65. The van der Waals surface area contributed by atoms with Crippen molar-refractivity contribution in [1.29, 1.82) is 0 Å². The van der Waals surface area contributed by atoms with Gasteiger partial charge in [0.2, 0.25) is 0 Å². The lowest BCUT2D eigenvalue weighted by Crippen LogP contribution is -2.23. The third-order valence-corrected chi connectivity index (χ3v) is 2.39. The second-order valence-electron chi connectivity index (χ2n) is 3.49. The molecule has 1 N–H and O–H groups in total. The molecule has 4 nitrogen and oxygen atoms in total. The van der Waals surface area contributed by atoms with E-state index in [0.717, 1.165) is 5.69 Å². The lowest BCUT2D eigenvalue weighted by atomic mass is 10.2. The van der Waals surface area contributed by atoms with E-state index in [-0.39, 0.29) is 5.91 Å². The van der Waals surface area contributed by atoms with E-state index < -0.39 is 0 Å². The molecule has 0 spiro atoms. The van der Waals surface area contributed by atoms with Crippen LogP contribution in [0.2, 0.25) is 0 Å². The first-order valence-corrected chi connectivity index (χ1v) is 5.07. The Morgan fingerprint density at radius 2 is 2.06 bits per heavy atom. The Kier molecular flexibility index (Phi) is 3.00. The first-order valence-electron chi connectivity index (χ1n) is 5.07. The van der Waals surface area contributed by atoms with Crippen molar-refractivity contribution in [2.45, 2.75) is 6.54 Å². The highest BCUT2D eigenvalue weighted by atomic mass is 16.1. The fourth-order valence-electron chi connectivity index (χ4n) is 1.44. The van der Waals surface area contributed by atoms with Gasteiger partial charge in [-0.05, 0) is 18.2 Å². The summed E-state index contributed by atoms with van der Waals surface area (Å²) < 4.78 is 1.74. The van der Waals surface area contributed by atoms with Crippen molar-refractivity contribution in [1.82, 2.24) is 15.1 Å². The van der Waals surface area contributed by atoms with E-state index in [1.54, 1.807) is 23.0 Å². The molecule has 0 radical (unpaired) electrons. The van der Waals surface area contributed by atoms with Crippen LogP contribution in [-0.2, 0) is 13.6 Å². The molecule has 0 saturated carbocycles. The predicted octanol–water partition coefficient (Wildman–Crippen LogP) is 1.35. The van der Waals surface area contributed by atoms with Gasteiger partial charge in [-0.2, -0.15) is 5.10 Å². The summed E-state index contributed by atoms with van der Waals surface area (Å²) in [6.45, 7) is 0.490. The van der Waals surface area contributed by atoms with Crippen LogP contribution in [0.5, 0.6) is 0 Å². The van der Waals surface area contributed by atoms with Gasteiger partial charge in [0.1, 0.15) is 0 Å². The van der Waals surface area contributed by atoms with Gasteiger partial charge in [-0.25, -0.2) is 0 Å². The maximum Gasteiger partial charge on any atom is 0.251 e. The minimum absolute atomic E-state index is 0.0678. The molecular weight excluding hydrogens is 202 g/mol. The van der Waals surface area contributed by atoms with Crippen molar-refractivity contribution in [3.63, 3.8) is 0 Å². The number of nitrogens with one attached hydrogen (secondary N) is 1. The highest BCUT2D eigenvalue weighted by molar-refractivity contribution is 5.93. The molecule has 2 rings (SSSR count). The zero-order valence-corrected chi connectivity index (χ0v) is 9.05. The molecule has 0 saturated heterocycles. The standard InChI is InChI=1S/C12H13N3O/c1-15-11(7-8-14-15)9-13-12(16)10-5-3-2-4-6-10/h2-8H,9H2,1H3,(H,13,16). The van der Waals surface area contributed by atoms with Gasteiger partial charge in [0.15, 0.2) is 0 Å². The number of carbonyl (C=O) groups is 1. The number of aromatic nitrogens is 2. The van der Waals surface area contributed by atoms with Crippen molar-refractivity contribution < 1.29 is 4.79 Å². The Morgan fingerprint density at radius 3 is 2.69 bits per heavy atom. The minimum atomic E-state index is -0.0678. The molecule has 0 fully saturated rings. The monoisotopic (exact) mass is 215 g/mol. The normalized spacial score (nSPS) is 10.1. The van der Waals surface area contributed by atoms with Crippen molar-refractivity contribution >= 4 is 5.91 Å². The Bertz CT molecular complexity index is 476. The molecule has 0 unspecified atom stereocenters. The minimum Gasteiger partial charge on any atom is -0.346 e. The van der Waals surface area contributed by atoms with Crippen molar-refractivity contribution in [2.24, 2.45) is 7.05 Å². The number of hydrogen-bond donors (Lipinski definition) is 1. The molecule has 16 heavy (non-hydrogen) atoms. The largest absolute Gasteiger partial charge is 0.346 e. The molecule has 0 bridgehead atoms. The van der Waals surface area contributed by atoms with Crippen LogP contribution in [0, 0.1) is 0 Å². The first-order chi connectivity index (χ1) is 7.77. The van der Waals surface area contributed by atoms with Gasteiger partial charge in [-0.3, -0.25) is 9.48 Å². The SMILES string of the molecule is Cn1nccc1CNC(=O)c1ccccc1. The zero-order chi connectivity index (χ0) is 11.4. The maximum absolute atomic E-state index is 11.7. The van der Waals surface area contributed by atoms with Crippen molar-refractivity contribution in [3.05, 3.63) is 53.9 Å². The fraction of sp³-hybridized carbons (Fsp3) is 0.167. The molecule has 0 aliphatic carbocycles. The molecule has 2 aromatic rings. The summed E-state index contributed by atoms with van der Waals surface area (Å²) in [4.78, 5) is 11.7. The van der Waals surface area contributed by atoms with Gasteiger partial charge >= 0.3 is 0 Å². The van der Waals surface area contributed by atoms with Gasteiger partial charge in [-0.15, -0.1) is 0 Å². The number of rotatable bonds is 3. The Hall–Kier alpha value is -2.10. The van der Waals surface area contributed by atoms with Crippen LogP contribution in [0.3, 0.4) is 0 Å². The summed E-state index contributed by atoms with van der Waals surface area (Å²) in [5.74, 6) is -0.0678. The van der Waals surface area contributed by atoms with Crippen LogP contribution < -0.4 is 5.32 Å². The molecule has 82 valence electrons. The van der Waals surface area contributed by atoms with Crippen LogP contribution in [0.4, 0.5) is 0 Å². The number of hydrogen-bond acceptors (Lipinski definition) is 2. The number of aryl methyl sites for hydroxylation is 1. The second kappa shape index (κ2) is 4.61. The smallest absolute Gasteiger partial charge is 0.251 e. The zero-order valence-electron chi connectivity index (χ0n) is 9.05. The summed E-state index contributed by atoms with van der Waals surface area (Å²) in [6.07, 6.45) is 1.71. The summed E-state index contributed by atoms with van der Waals surface area (Å²) in [7, 11) is 1.85. The molecule has 1 aromatic heterocycles. The van der Waals surface area contributed by atoms with Crippen LogP contribution in [0.15, 0.2) is 42.6 Å². The molecule has 1 heterocycles. The van der Waals surface area contributed by atoms with Gasteiger partial charge < -0.3 is 5.32 Å². The summed E-state index contributed by atoms with van der Waals surface area (Å²) in [5, 5.41) is 6.88. The number of amides is 1. The summed E-state index contributed by atoms with van der Waals surface area (Å²) >= 11 is 0. The molecular formula is C12H13N3O. The van der Waals surface area contributed by atoms with Crippen LogP contribution in [-0.4, -0.2) is 15.7 Å². The van der Waals surface area contributed by atoms with Gasteiger partial charge in [0, 0.05) is 18.8 Å². The maximum atomic E-state index is 11.7. The average molecular weight is 215 g/mol. The molecule has 0 aliphatic heterocycles. The predicted molar refractivity (Wildman–Crippen MR) is 60.8 cm³/mol. The number of nitrogens with zero attached hydrogens (tertiary/aromatic N) is 2. The van der Waals surface area contributed by atoms with Crippen molar-refractivity contribution in [3.8, 4) is 0 Å². The number of carbonyl (C=O) groups excluding carboxylic acids is 1. The second-order valence-corrected chi connectivity index (χ2v) is 3.49. The lowest BCUT2D eigenvalue weighted by molar-refractivity contribution is 0.0950. The average Bonchev–Trinajstić information content (AvgIpc) is 2.73.